The predicted molar refractivity (Wildman–Crippen MR) is 117 cm³/mol. The van der Waals surface area contributed by atoms with Crippen molar-refractivity contribution in [2.24, 2.45) is 5.92 Å². The summed E-state index contributed by atoms with van der Waals surface area (Å²) >= 11 is 0. The zero-order chi connectivity index (χ0) is 20.5. The number of rotatable bonds is 6. The summed E-state index contributed by atoms with van der Waals surface area (Å²) in [4.78, 5) is 26.1. The van der Waals surface area contributed by atoms with E-state index in [-0.39, 0.29) is 5.91 Å². The van der Waals surface area contributed by atoms with Gasteiger partial charge in [0, 0.05) is 18.2 Å². The number of aromatic nitrogens is 4. The summed E-state index contributed by atoms with van der Waals surface area (Å²) in [5.41, 5.74) is 4.15. The van der Waals surface area contributed by atoms with E-state index in [1.165, 1.54) is 32.1 Å². The highest BCUT2D eigenvalue weighted by Gasteiger charge is 2.24. The van der Waals surface area contributed by atoms with Crippen molar-refractivity contribution in [2.75, 3.05) is 11.9 Å². The Morgan fingerprint density at radius 3 is 2.73 bits per heavy atom. The van der Waals surface area contributed by atoms with Crippen LogP contribution in [-0.2, 0) is 0 Å². The standard InChI is InChI=1S/C23H28N6O/c1-15-7-8-17(23(30)28-18-9-10-18)11-19(15)29-14-27-20-21(25-13-26-22(20)29)24-12-16-5-3-2-4-6-16/h7-8,11,13-14,16,18H,2-6,9-10,12H2,1H3,(H,28,30)(H,24,25,26). The summed E-state index contributed by atoms with van der Waals surface area (Å²) < 4.78 is 1.95. The van der Waals surface area contributed by atoms with Crippen LogP contribution in [0.5, 0.6) is 0 Å². The SMILES string of the molecule is Cc1ccc(C(=O)NC2CC2)cc1-n1cnc2c(NCC3CCCCC3)ncnc21. The lowest BCUT2D eigenvalue weighted by Crippen LogP contribution is -2.25. The van der Waals surface area contributed by atoms with E-state index in [0.717, 1.165) is 47.6 Å². The number of carbonyl (C=O) groups excluding carboxylic acids is 1. The quantitative estimate of drug-likeness (QED) is 0.648. The molecule has 0 radical (unpaired) electrons. The monoisotopic (exact) mass is 404 g/mol. The largest absolute Gasteiger partial charge is 0.368 e. The van der Waals surface area contributed by atoms with Crippen LogP contribution < -0.4 is 10.6 Å². The number of anilines is 1. The Morgan fingerprint density at radius 2 is 1.93 bits per heavy atom. The molecule has 5 rings (SSSR count). The molecule has 2 heterocycles. The molecule has 0 aliphatic heterocycles. The van der Waals surface area contributed by atoms with E-state index < -0.39 is 0 Å². The molecule has 7 heteroatoms. The van der Waals surface area contributed by atoms with Crippen molar-refractivity contribution >= 4 is 22.9 Å². The van der Waals surface area contributed by atoms with Gasteiger partial charge in [-0.05, 0) is 56.2 Å². The molecule has 0 atom stereocenters. The van der Waals surface area contributed by atoms with Crippen LogP contribution in [0, 0.1) is 12.8 Å². The molecule has 156 valence electrons. The van der Waals surface area contributed by atoms with Crippen LogP contribution in [0.1, 0.15) is 60.9 Å². The molecule has 0 unspecified atom stereocenters. The van der Waals surface area contributed by atoms with E-state index in [1.807, 2.05) is 29.7 Å². The van der Waals surface area contributed by atoms with E-state index in [9.17, 15) is 4.79 Å². The fourth-order valence-electron chi connectivity index (χ4n) is 4.28. The maximum atomic E-state index is 12.5. The Morgan fingerprint density at radius 1 is 1.10 bits per heavy atom. The van der Waals surface area contributed by atoms with Gasteiger partial charge in [0.15, 0.2) is 17.0 Å². The third-order valence-electron chi connectivity index (χ3n) is 6.26. The van der Waals surface area contributed by atoms with Crippen molar-refractivity contribution in [1.29, 1.82) is 0 Å². The minimum Gasteiger partial charge on any atom is -0.368 e. The highest BCUT2D eigenvalue weighted by atomic mass is 16.1. The molecule has 2 aliphatic carbocycles. The van der Waals surface area contributed by atoms with Gasteiger partial charge in [0.1, 0.15) is 12.7 Å². The summed E-state index contributed by atoms with van der Waals surface area (Å²) in [6.07, 6.45) is 12.1. The predicted octanol–water partition coefficient (Wildman–Crippen LogP) is 4.01. The molecule has 30 heavy (non-hydrogen) atoms. The third-order valence-corrected chi connectivity index (χ3v) is 6.26. The number of benzene rings is 1. The molecule has 2 fully saturated rings. The molecule has 0 saturated heterocycles. The van der Waals surface area contributed by atoms with E-state index in [2.05, 4.69) is 25.6 Å². The number of amides is 1. The minimum atomic E-state index is -0.0207. The van der Waals surface area contributed by atoms with E-state index in [1.54, 1.807) is 12.7 Å². The third kappa shape index (κ3) is 3.88. The van der Waals surface area contributed by atoms with Gasteiger partial charge in [-0.1, -0.05) is 25.3 Å². The molecule has 1 amide bonds. The van der Waals surface area contributed by atoms with Gasteiger partial charge in [-0.2, -0.15) is 0 Å². The second-order valence-electron chi connectivity index (χ2n) is 8.64. The van der Waals surface area contributed by atoms with E-state index in [4.69, 9.17) is 0 Å². The van der Waals surface area contributed by atoms with Crippen LogP contribution in [0.2, 0.25) is 0 Å². The van der Waals surface area contributed by atoms with Gasteiger partial charge in [0.05, 0.1) is 5.69 Å². The fourth-order valence-corrected chi connectivity index (χ4v) is 4.28. The highest BCUT2D eigenvalue weighted by molar-refractivity contribution is 5.95. The van der Waals surface area contributed by atoms with Gasteiger partial charge in [0.2, 0.25) is 0 Å². The molecule has 2 aromatic heterocycles. The Hall–Kier alpha value is -2.96. The first kappa shape index (κ1) is 19.0. The average molecular weight is 405 g/mol. The summed E-state index contributed by atoms with van der Waals surface area (Å²) in [5, 5.41) is 6.56. The highest BCUT2D eigenvalue weighted by Crippen LogP contribution is 2.27. The number of carbonyl (C=O) groups is 1. The molecule has 2 N–H and O–H groups in total. The maximum Gasteiger partial charge on any atom is 0.251 e. The number of nitrogens with one attached hydrogen (secondary N) is 2. The van der Waals surface area contributed by atoms with Gasteiger partial charge >= 0.3 is 0 Å². The van der Waals surface area contributed by atoms with Gasteiger partial charge < -0.3 is 10.6 Å². The lowest BCUT2D eigenvalue weighted by atomic mass is 9.89. The number of hydrogen-bond acceptors (Lipinski definition) is 5. The summed E-state index contributed by atoms with van der Waals surface area (Å²) in [6.45, 7) is 2.96. The minimum absolute atomic E-state index is 0.0207. The Labute approximate surface area is 176 Å². The van der Waals surface area contributed by atoms with Crippen LogP contribution in [0.25, 0.3) is 16.9 Å². The first-order valence-electron chi connectivity index (χ1n) is 11.0. The number of aryl methyl sites for hydroxylation is 1. The summed E-state index contributed by atoms with van der Waals surface area (Å²) in [6, 6.07) is 6.11. The molecular formula is C23H28N6O. The summed E-state index contributed by atoms with van der Waals surface area (Å²) in [7, 11) is 0. The molecule has 3 aromatic rings. The molecule has 1 aromatic carbocycles. The zero-order valence-electron chi connectivity index (χ0n) is 17.4. The smallest absolute Gasteiger partial charge is 0.251 e. The number of nitrogens with zero attached hydrogens (tertiary/aromatic N) is 4. The first-order valence-corrected chi connectivity index (χ1v) is 11.0. The first-order chi connectivity index (χ1) is 14.7. The second-order valence-corrected chi connectivity index (χ2v) is 8.64. The van der Waals surface area contributed by atoms with Crippen molar-refractivity contribution in [2.45, 2.75) is 57.9 Å². The van der Waals surface area contributed by atoms with Gasteiger partial charge in [0.25, 0.3) is 5.91 Å². The lowest BCUT2D eigenvalue weighted by molar-refractivity contribution is 0.0951. The number of hydrogen-bond donors (Lipinski definition) is 2. The van der Waals surface area contributed by atoms with Crippen LogP contribution in [0.3, 0.4) is 0 Å². The second kappa shape index (κ2) is 8.05. The number of imidazole rings is 1. The number of fused-ring (bicyclic) bond motifs is 1. The fraction of sp³-hybridized carbons (Fsp3) is 0.478. The molecule has 7 nitrogen and oxygen atoms in total. The molecule has 0 bridgehead atoms. The van der Waals surface area contributed by atoms with Crippen LogP contribution in [0.4, 0.5) is 5.82 Å². The van der Waals surface area contributed by atoms with Gasteiger partial charge in [-0.15, -0.1) is 0 Å². The molecule has 0 spiro atoms. The van der Waals surface area contributed by atoms with Gasteiger partial charge in [-0.25, -0.2) is 15.0 Å². The maximum absolute atomic E-state index is 12.5. The van der Waals surface area contributed by atoms with Crippen molar-refractivity contribution in [1.82, 2.24) is 24.8 Å². The zero-order valence-corrected chi connectivity index (χ0v) is 17.4. The van der Waals surface area contributed by atoms with Gasteiger partial charge in [-0.3, -0.25) is 9.36 Å². The molecular weight excluding hydrogens is 376 g/mol. The normalized spacial score (nSPS) is 17.2. The lowest BCUT2D eigenvalue weighted by Gasteiger charge is -2.21. The van der Waals surface area contributed by atoms with Crippen LogP contribution in [-0.4, -0.2) is 38.0 Å². The molecule has 2 aliphatic rings. The Bertz CT molecular complexity index is 1060. The Kier molecular flexibility index (Phi) is 5.11. The van der Waals surface area contributed by atoms with Crippen molar-refractivity contribution in [3.8, 4) is 5.69 Å². The van der Waals surface area contributed by atoms with Crippen LogP contribution >= 0.6 is 0 Å². The van der Waals surface area contributed by atoms with Crippen LogP contribution in [0.15, 0.2) is 30.9 Å². The Balaban J connectivity index is 1.42. The average Bonchev–Trinajstić information content (AvgIpc) is 3.48. The van der Waals surface area contributed by atoms with Crippen molar-refractivity contribution < 1.29 is 4.79 Å². The molecule has 2 saturated carbocycles. The van der Waals surface area contributed by atoms with E-state index >= 15 is 0 Å². The van der Waals surface area contributed by atoms with E-state index in [0.29, 0.717) is 17.5 Å². The summed E-state index contributed by atoms with van der Waals surface area (Å²) in [5.74, 6) is 1.46. The van der Waals surface area contributed by atoms with Crippen molar-refractivity contribution in [3.05, 3.63) is 42.0 Å². The van der Waals surface area contributed by atoms with Crippen molar-refractivity contribution in [3.63, 3.8) is 0 Å². The topological polar surface area (TPSA) is 84.7 Å².